The van der Waals surface area contributed by atoms with E-state index in [4.69, 9.17) is 0 Å². The zero-order valence-electron chi connectivity index (χ0n) is 7.78. The molecule has 2 aromatic rings. The molecule has 1 N–H and O–H groups in total. The lowest BCUT2D eigenvalue weighted by molar-refractivity contribution is -0.660. The van der Waals surface area contributed by atoms with Crippen molar-refractivity contribution in [2.45, 2.75) is 6.92 Å². The molecule has 66 valence electrons. The number of aromatic amines is 1. The molecule has 0 amide bonds. The summed E-state index contributed by atoms with van der Waals surface area (Å²) in [5.41, 5.74) is 2.45. The largest absolute Gasteiger partial charge is 0.265 e. The minimum Gasteiger partial charge on any atom is -0.233 e. The fourth-order valence-corrected chi connectivity index (χ4v) is 1.40. The summed E-state index contributed by atoms with van der Waals surface area (Å²) in [7, 11) is 1.98. The first kappa shape index (κ1) is 7.98. The molecular weight excluding hydrogens is 162 g/mol. The molecule has 0 atom stereocenters. The fraction of sp³-hybridized carbons (Fsp3) is 0.200. The van der Waals surface area contributed by atoms with E-state index in [1.54, 1.807) is 6.33 Å². The van der Waals surface area contributed by atoms with Crippen LogP contribution in [0, 0.1) is 6.92 Å². The Kier molecular flexibility index (Phi) is 1.85. The maximum Gasteiger partial charge on any atom is 0.265 e. The number of benzene rings is 1. The second-order valence-corrected chi connectivity index (χ2v) is 3.13. The van der Waals surface area contributed by atoms with Gasteiger partial charge in [-0.15, -0.1) is 5.10 Å². The van der Waals surface area contributed by atoms with Gasteiger partial charge in [-0.3, -0.25) is 0 Å². The molecule has 0 aliphatic rings. The van der Waals surface area contributed by atoms with E-state index in [1.807, 2.05) is 23.7 Å². The zero-order valence-corrected chi connectivity index (χ0v) is 7.78. The summed E-state index contributed by atoms with van der Waals surface area (Å²) in [6.07, 6.45) is 1.77. The van der Waals surface area contributed by atoms with Gasteiger partial charge in [0.25, 0.3) is 12.2 Å². The Morgan fingerprint density at radius 3 is 2.69 bits per heavy atom. The molecule has 1 aromatic carbocycles. The highest BCUT2D eigenvalue weighted by molar-refractivity contribution is 5.56. The molecule has 0 unspecified atom stereocenters. The SMILES string of the molecule is Cc1ccccc1-c1[nH]nc[n+]1C. The van der Waals surface area contributed by atoms with E-state index >= 15 is 0 Å². The van der Waals surface area contributed by atoms with Crippen LogP contribution in [0.2, 0.25) is 0 Å². The van der Waals surface area contributed by atoms with Gasteiger partial charge in [0.15, 0.2) is 0 Å². The predicted molar refractivity (Wildman–Crippen MR) is 49.9 cm³/mol. The predicted octanol–water partition coefficient (Wildman–Crippen LogP) is 1.21. The zero-order chi connectivity index (χ0) is 9.26. The summed E-state index contributed by atoms with van der Waals surface area (Å²) >= 11 is 0. The molecule has 3 nitrogen and oxygen atoms in total. The first-order chi connectivity index (χ1) is 6.29. The highest BCUT2D eigenvalue weighted by Crippen LogP contribution is 2.16. The number of hydrogen-bond acceptors (Lipinski definition) is 1. The van der Waals surface area contributed by atoms with Crippen LogP contribution in [0.4, 0.5) is 0 Å². The quantitative estimate of drug-likeness (QED) is 0.647. The standard InChI is InChI=1S/C10H11N3/c1-8-5-3-4-6-9(8)10-12-11-7-13(10)2/h3-7H,1-2H3/p+1. The van der Waals surface area contributed by atoms with Gasteiger partial charge in [0.1, 0.15) is 0 Å². The smallest absolute Gasteiger partial charge is 0.233 e. The van der Waals surface area contributed by atoms with Crippen molar-refractivity contribution in [1.29, 1.82) is 0 Å². The van der Waals surface area contributed by atoms with Gasteiger partial charge in [-0.1, -0.05) is 18.2 Å². The third kappa shape index (κ3) is 1.33. The first-order valence-electron chi connectivity index (χ1n) is 4.24. The molecule has 0 saturated heterocycles. The molecule has 3 heteroatoms. The van der Waals surface area contributed by atoms with Crippen molar-refractivity contribution in [3.8, 4) is 11.4 Å². The van der Waals surface area contributed by atoms with Crippen LogP contribution in [0.1, 0.15) is 5.56 Å². The van der Waals surface area contributed by atoms with Crippen molar-refractivity contribution < 1.29 is 4.57 Å². The lowest BCUT2D eigenvalue weighted by Gasteiger charge is -1.99. The molecular formula is C10H12N3+. The molecule has 0 bridgehead atoms. The molecule has 0 aliphatic carbocycles. The van der Waals surface area contributed by atoms with Gasteiger partial charge in [0.2, 0.25) is 0 Å². The van der Waals surface area contributed by atoms with Crippen molar-refractivity contribution in [2.75, 3.05) is 0 Å². The summed E-state index contributed by atoms with van der Waals surface area (Å²) in [4.78, 5) is 0. The Hall–Kier alpha value is -1.64. The number of nitrogens with one attached hydrogen (secondary N) is 1. The van der Waals surface area contributed by atoms with Crippen molar-refractivity contribution >= 4 is 0 Å². The lowest BCUT2D eigenvalue weighted by Crippen LogP contribution is -2.27. The van der Waals surface area contributed by atoms with Crippen LogP contribution in [0.5, 0.6) is 0 Å². The van der Waals surface area contributed by atoms with E-state index in [0.29, 0.717) is 0 Å². The Morgan fingerprint density at radius 1 is 1.31 bits per heavy atom. The number of nitrogens with zero attached hydrogens (tertiary/aromatic N) is 2. The average Bonchev–Trinajstić information content (AvgIpc) is 2.52. The van der Waals surface area contributed by atoms with Crippen molar-refractivity contribution in [3.05, 3.63) is 36.2 Å². The van der Waals surface area contributed by atoms with Crippen LogP contribution < -0.4 is 4.57 Å². The van der Waals surface area contributed by atoms with E-state index < -0.39 is 0 Å². The van der Waals surface area contributed by atoms with Crippen LogP contribution in [0.25, 0.3) is 11.4 Å². The summed E-state index contributed by atoms with van der Waals surface area (Å²) in [5.74, 6) is 1.04. The number of H-pyrrole nitrogens is 1. The van der Waals surface area contributed by atoms with Crippen LogP contribution in [-0.2, 0) is 7.05 Å². The monoisotopic (exact) mass is 174 g/mol. The number of hydrogen-bond donors (Lipinski definition) is 1. The summed E-state index contributed by atoms with van der Waals surface area (Å²) in [5, 5.41) is 6.95. The van der Waals surface area contributed by atoms with Gasteiger partial charge < -0.3 is 0 Å². The lowest BCUT2D eigenvalue weighted by atomic mass is 10.1. The number of aromatic nitrogens is 3. The fourth-order valence-electron chi connectivity index (χ4n) is 1.40. The second-order valence-electron chi connectivity index (χ2n) is 3.13. The Balaban J connectivity index is 2.59. The van der Waals surface area contributed by atoms with E-state index in [1.165, 1.54) is 11.1 Å². The van der Waals surface area contributed by atoms with E-state index in [-0.39, 0.29) is 0 Å². The van der Waals surface area contributed by atoms with Crippen molar-refractivity contribution in [1.82, 2.24) is 10.2 Å². The summed E-state index contributed by atoms with van der Waals surface area (Å²) in [6.45, 7) is 2.09. The van der Waals surface area contributed by atoms with Crippen molar-refractivity contribution in [2.24, 2.45) is 7.05 Å². The Labute approximate surface area is 77.0 Å². The maximum atomic E-state index is 3.98. The van der Waals surface area contributed by atoms with Gasteiger partial charge in [-0.25, -0.2) is 4.57 Å². The summed E-state index contributed by atoms with van der Waals surface area (Å²) in [6, 6.07) is 8.25. The van der Waals surface area contributed by atoms with Gasteiger partial charge >= 0.3 is 0 Å². The normalized spacial score (nSPS) is 10.3. The van der Waals surface area contributed by atoms with E-state index in [2.05, 4.69) is 29.3 Å². The average molecular weight is 174 g/mol. The summed E-state index contributed by atoms with van der Waals surface area (Å²) < 4.78 is 1.97. The molecule has 0 saturated carbocycles. The maximum absolute atomic E-state index is 3.98. The van der Waals surface area contributed by atoms with Crippen LogP contribution in [0.15, 0.2) is 30.6 Å². The molecule has 1 aromatic heterocycles. The molecule has 0 spiro atoms. The molecule has 13 heavy (non-hydrogen) atoms. The third-order valence-corrected chi connectivity index (χ3v) is 2.15. The Morgan fingerprint density at radius 2 is 2.08 bits per heavy atom. The molecule has 1 heterocycles. The Bertz CT molecular complexity index is 418. The molecule has 2 rings (SSSR count). The molecule has 0 aliphatic heterocycles. The first-order valence-corrected chi connectivity index (χ1v) is 4.24. The third-order valence-electron chi connectivity index (χ3n) is 2.15. The van der Waals surface area contributed by atoms with Gasteiger partial charge in [0.05, 0.1) is 12.6 Å². The van der Waals surface area contributed by atoms with Gasteiger partial charge in [-0.2, -0.15) is 0 Å². The van der Waals surface area contributed by atoms with Crippen LogP contribution >= 0.6 is 0 Å². The van der Waals surface area contributed by atoms with E-state index in [9.17, 15) is 0 Å². The van der Waals surface area contributed by atoms with Crippen LogP contribution in [0.3, 0.4) is 0 Å². The number of rotatable bonds is 1. The topological polar surface area (TPSA) is 32.6 Å². The van der Waals surface area contributed by atoms with Gasteiger partial charge in [0, 0.05) is 5.10 Å². The highest BCUT2D eigenvalue weighted by atomic mass is 15.2. The van der Waals surface area contributed by atoms with Crippen LogP contribution in [-0.4, -0.2) is 10.2 Å². The second kappa shape index (κ2) is 3.01. The minimum atomic E-state index is 1.04. The van der Waals surface area contributed by atoms with E-state index in [0.717, 1.165) is 5.82 Å². The number of aryl methyl sites for hydroxylation is 2. The minimum absolute atomic E-state index is 1.04. The van der Waals surface area contributed by atoms with Gasteiger partial charge in [-0.05, 0) is 18.6 Å². The highest BCUT2D eigenvalue weighted by Gasteiger charge is 2.11. The van der Waals surface area contributed by atoms with Crippen molar-refractivity contribution in [3.63, 3.8) is 0 Å². The molecule has 0 radical (unpaired) electrons. The molecule has 0 fully saturated rings.